The zero-order chi connectivity index (χ0) is 24.9. The van der Waals surface area contributed by atoms with Crippen LogP contribution in [0.5, 0.6) is 0 Å². The number of fused-ring (bicyclic) bond motifs is 7. The van der Waals surface area contributed by atoms with Crippen molar-refractivity contribution in [1.29, 1.82) is 0 Å². The molecule has 5 rings (SSSR count). The van der Waals surface area contributed by atoms with E-state index in [9.17, 15) is 4.79 Å². The molecule has 192 valence electrons. The highest BCUT2D eigenvalue weighted by Crippen LogP contribution is 2.77. The molecule has 5 aliphatic rings. The van der Waals surface area contributed by atoms with Crippen LogP contribution in [0, 0.1) is 50.7 Å². The smallest absolute Gasteiger partial charge is 0.302 e. The highest BCUT2D eigenvalue weighted by atomic mass is 16.5. The van der Waals surface area contributed by atoms with Crippen LogP contribution >= 0.6 is 0 Å². The normalized spacial score (nSPS) is 49.7. The monoisotopic (exact) mass is 468 g/mol. The summed E-state index contributed by atoms with van der Waals surface area (Å²) in [6.45, 7) is 22.0. The van der Waals surface area contributed by atoms with E-state index in [-0.39, 0.29) is 28.3 Å². The van der Waals surface area contributed by atoms with E-state index in [0.29, 0.717) is 22.7 Å². The maximum atomic E-state index is 12.4. The molecule has 0 aromatic heterocycles. The van der Waals surface area contributed by atoms with Crippen LogP contribution in [0.2, 0.25) is 0 Å². The van der Waals surface area contributed by atoms with Crippen LogP contribution in [0.25, 0.3) is 0 Å². The number of esters is 1. The third kappa shape index (κ3) is 3.08. The molecule has 0 spiro atoms. The Balaban J connectivity index is 1.61. The third-order valence-corrected chi connectivity index (χ3v) is 13.1. The van der Waals surface area contributed by atoms with Gasteiger partial charge in [-0.25, -0.2) is 0 Å². The van der Waals surface area contributed by atoms with Gasteiger partial charge in [0.25, 0.3) is 0 Å². The summed E-state index contributed by atoms with van der Waals surface area (Å²) in [6.07, 6.45) is 13.1. The van der Waals surface area contributed by atoms with E-state index in [2.05, 4.69) is 55.4 Å². The maximum Gasteiger partial charge on any atom is 0.302 e. The Bertz CT molecular complexity index is 897. The second-order valence-corrected chi connectivity index (χ2v) is 15.3. The topological polar surface area (TPSA) is 26.3 Å². The summed E-state index contributed by atoms with van der Waals surface area (Å²) in [5, 5.41) is 0. The molecule has 0 heterocycles. The predicted molar refractivity (Wildman–Crippen MR) is 140 cm³/mol. The van der Waals surface area contributed by atoms with Gasteiger partial charge in [0.2, 0.25) is 0 Å². The van der Waals surface area contributed by atoms with Crippen LogP contribution in [-0.4, -0.2) is 12.1 Å². The molecule has 2 nitrogen and oxygen atoms in total. The minimum atomic E-state index is -0.0773. The van der Waals surface area contributed by atoms with Gasteiger partial charge in [-0.15, -0.1) is 0 Å². The molecular weight excluding hydrogens is 416 g/mol. The van der Waals surface area contributed by atoms with Crippen LogP contribution in [0.3, 0.4) is 0 Å². The second-order valence-electron chi connectivity index (χ2n) is 15.3. The van der Waals surface area contributed by atoms with Crippen LogP contribution in [0.4, 0.5) is 0 Å². The fourth-order valence-corrected chi connectivity index (χ4v) is 11.9. The van der Waals surface area contributed by atoms with Crippen LogP contribution < -0.4 is 0 Å². The van der Waals surface area contributed by atoms with Gasteiger partial charge in [0.15, 0.2) is 0 Å². The Labute approximate surface area is 210 Å². The van der Waals surface area contributed by atoms with Gasteiger partial charge in [0.05, 0.1) is 0 Å². The van der Waals surface area contributed by atoms with Gasteiger partial charge < -0.3 is 4.74 Å². The Morgan fingerprint density at radius 1 is 0.882 bits per heavy atom. The van der Waals surface area contributed by atoms with Crippen molar-refractivity contribution in [2.45, 2.75) is 133 Å². The zero-order valence-electron chi connectivity index (χ0n) is 23.8. The highest BCUT2D eigenvalue weighted by Gasteiger charge is 2.71. The molecule has 0 aromatic carbocycles. The molecule has 0 bridgehead atoms. The average Bonchev–Trinajstić information content (AvgIpc) is 3.04. The van der Waals surface area contributed by atoms with E-state index in [1.54, 1.807) is 12.5 Å². The first kappa shape index (κ1) is 24.9. The first-order valence-electron chi connectivity index (χ1n) is 14.6. The number of hydrogen-bond donors (Lipinski definition) is 0. The van der Waals surface area contributed by atoms with Crippen molar-refractivity contribution in [1.82, 2.24) is 0 Å². The zero-order valence-corrected chi connectivity index (χ0v) is 23.8. The lowest BCUT2D eigenvalue weighted by Gasteiger charge is -2.73. The highest BCUT2D eigenvalue weighted by molar-refractivity contribution is 5.66. The molecule has 34 heavy (non-hydrogen) atoms. The molecule has 0 radical (unpaired) electrons. The lowest BCUT2D eigenvalue weighted by Crippen LogP contribution is -2.68. The molecule has 2 heteroatoms. The van der Waals surface area contributed by atoms with Crippen molar-refractivity contribution in [3.8, 4) is 0 Å². The number of ether oxygens (including phenoxy) is 1. The largest absolute Gasteiger partial charge is 0.462 e. The summed E-state index contributed by atoms with van der Waals surface area (Å²) in [5.41, 5.74) is 5.05. The van der Waals surface area contributed by atoms with Crippen LogP contribution in [0.15, 0.2) is 11.1 Å². The van der Waals surface area contributed by atoms with Crippen LogP contribution in [0.1, 0.15) is 127 Å². The number of allylic oxidation sites excluding steroid dienone is 2. The second kappa shape index (κ2) is 7.61. The number of carbonyl (C=O) groups is 1. The minimum absolute atomic E-state index is 0.0640. The first-order chi connectivity index (χ1) is 15.7. The maximum absolute atomic E-state index is 12.4. The van der Waals surface area contributed by atoms with Gasteiger partial charge in [-0.05, 0) is 103 Å². The van der Waals surface area contributed by atoms with Crippen molar-refractivity contribution in [3.05, 3.63) is 11.1 Å². The van der Waals surface area contributed by atoms with E-state index in [4.69, 9.17) is 4.74 Å². The summed E-state index contributed by atoms with van der Waals surface area (Å²) < 4.78 is 6.31. The fourth-order valence-electron chi connectivity index (χ4n) is 11.9. The summed E-state index contributed by atoms with van der Waals surface area (Å²) in [4.78, 5) is 12.4. The molecule has 0 aromatic rings. The molecule has 0 saturated heterocycles. The van der Waals surface area contributed by atoms with Gasteiger partial charge in [0.1, 0.15) is 6.10 Å². The lowest BCUT2D eigenvalue weighted by atomic mass is 9.32. The summed E-state index contributed by atoms with van der Waals surface area (Å²) >= 11 is 0. The molecule has 5 aliphatic carbocycles. The first-order valence-corrected chi connectivity index (χ1v) is 14.6. The number of carbonyl (C=O) groups excluding carboxylic acids is 1. The summed E-state index contributed by atoms with van der Waals surface area (Å²) in [6, 6.07) is 0. The molecule has 4 fully saturated rings. The molecule has 8 unspecified atom stereocenters. The fraction of sp³-hybridized carbons (Fsp3) is 0.906. The standard InChI is InChI=1S/C32H52O2/c1-20(2)22-13-17-29(6)23(22)14-18-31(8)25(29)11-12-26-30(7)16-10-15-28(4,5)27(30)24(34-21(3)33)19-32(26,31)9/h20,24-27H,10-19H2,1-9H3. The Kier molecular flexibility index (Phi) is 5.57. The summed E-state index contributed by atoms with van der Waals surface area (Å²) in [7, 11) is 0. The molecule has 0 N–H and O–H groups in total. The van der Waals surface area contributed by atoms with Crippen LogP contribution in [-0.2, 0) is 9.53 Å². The SMILES string of the molecule is CC(=O)OC1CC2(C)C(CCC3C4(C)CCC(C(C)C)=C4CCC32C)C2(C)CCCC(C)(C)C12. The number of rotatable bonds is 2. The molecule has 0 aliphatic heterocycles. The third-order valence-electron chi connectivity index (χ3n) is 13.1. The predicted octanol–water partition coefficient (Wildman–Crippen LogP) is 8.74. The van der Waals surface area contributed by atoms with Gasteiger partial charge in [-0.1, -0.05) is 73.0 Å². The molecular formula is C32H52O2. The Morgan fingerprint density at radius 3 is 2.21 bits per heavy atom. The van der Waals surface area contributed by atoms with E-state index in [1.165, 1.54) is 57.8 Å². The van der Waals surface area contributed by atoms with Crippen molar-refractivity contribution in [2.75, 3.05) is 0 Å². The van der Waals surface area contributed by atoms with E-state index < -0.39 is 0 Å². The van der Waals surface area contributed by atoms with Crippen molar-refractivity contribution < 1.29 is 9.53 Å². The van der Waals surface area contributed by atoms with E-state index in [0.717, 1.165) is 18.3 Å². The van der Waals surface area contributed by atoms with Crippen molar-refractivity contribution in [2.24, 2.45) is 50.7 Å². The Hall–Kier alpha value is -0.790. The molecule has 0 amide bonds. The van der Waals surface area contributed by atoms with E-state index in [1.807, 2.05) is 5.57 Å². The van der Waals surface area contributed by atoms with Gasteiger partial charge in [-0.3, -0.25) is 4.79 Å². The minimum Gasteiger partial charge on any atom is -0.462 e. The van der Waals surface area contributed by atoms with Gasteiger partial charge >= 0.3 is 5.97 Å². The van der Waals surface area contributed by atoms with Gasteiger partial charge in [0, 0.05) is 12.8 Å². The van der Waals surface area contributed by atoms with Gasteiger partial charge in [-0.2, -0.15) is 0 Å². The average molecular weight is 469 g/mol. The summed E-state index contributed by atoms with van der Waals surface area (Å²) in [5.74, 6) is 2.59. The molecule has 4 saturated carbocycles. The number of hydrogen-bond acceptors (Lipinski definition) is 2. The van der Waals surface area contributed by atoms with E-state index >= 15 is 0 Å². The Morgan fingerprint density at radius 2 is 1.56 bits per heavy atom. The molecule has 8 atom stereocenters. The lowest BCUT2D eigenvalue weighted by molar-refractivity contribution is -0.261. The quantitative estimate of drug-likeness (QED) is 0.299. The van der Waals surface area contributed by atoms with Crippen molar-refractivity contribution in [3.63, 3.8) is 0 Å². The van der Waals surface area contributed by atoms with Crippen molar-refractivity contribution >= 4 is 5.97 Å².